The zero-order valence-corrected chi connectivity index (χ0v) is 13.3. The number of nitrogens with one attached hydrogen (secondary N) is 1. The molecule has 0 radical (unpaired) electrons. The number of rotatable bonds is 5. The van der Waals surface area contributed by atoms with Crippen LogP contribution in [-0.4, -0.2) is 33.3 Å². The SMILES string of the molecule is C=CCN1C(=O)/C(=C\C=C\c2ccccc2[N+](=O)[O-])C(=O)NC1=S. The van der Waals surface area contributed by atoms with Crippen LogP contribution < -0.4 is 5.32 Å². The first kappa shape index (κ1) is 17.2. The lowest BCUT2D eigenvalue weighted by molar-refractivity contribution is -0.385. The monoisotopic (exact) mass is 343 g/mol. The average Bonchev–Trinajstić information content (AvgIpc) is 2.54. The van der Waals surface area contributed by atoms with E-state index in [0.29, 0.717) is 5.56 Å². The van der Waals surface area contributed by atoms with Gasteiger partial charge in [0.15, 0.2) is 5.11 Å². The maximum absolute atomic E-state index is 12.3. The molecule has 7 nitrogen and oxygen atoms in total. The number of thiocarbonyl (C=S) groups is 1. The summed E-state index contributed by atoms with van der Waals surface area (Å²) in [6.07, 6.45) is 5.65. The van der Waals surface area contributed by atoms with E-state index < -0.39 is 16.7 Å². The first-order valence-corrected chi connectivity index (χ1v) is 7.26. The molecule has 122 valence electrons. The van der Waals surface area contributed by atoms with Crippen molar-refractivity contribution in [2.45, 2.75) is 0 Å². The van der Waals surface area contributed by atoms with Crippen LogP contribution in [0.4, 0.5) is 5.69 Å². The van der Waals surface area contributed by atoms with E-state index in [4.69, 9.17) is 12.2 Å². The van der Waals surface area contributed by atoms with Gasteiger partial charge in [-0.15, -0.1) is 6.58 Å². The Kier molecular flexibility index (Phi) is 5.33. The Morgan fingerprint density at radius 3 is 2.71 bits per heavy atom. The molecule has 0 saturated carbocycles. The third-order valence-corrected chi connectivity index (χ3v) is 3.49. The van der Waals surface area contributed by atoms with Gasteiger partial charge in [-0.05, 0) is 30.4 Å². The van der Waals surface area contributed by atoms with Crippen molar-refractivity contribution < 1.29 is 14.5 Å². The minimum atomic E-state index is -0.613. The maximum Gasteiger partial charge on any atom is 0.276 e. The van der Waals surface area contributed by atoms with Crippen molar-refractivity contribution in [3.05, 3.63) is 70.3 Å². The van der Waals surface area contributed by atoms with Gasteiger partial charge < -0.3 is 0 Å². The molecular formula is C16H13N3O4S. The van der Waals surface area contributed by atoms with E-state index in [1.54, 1.807) is 18.2 Å². The highest BCUT2D eigenvalue weighted by atomic mass is 32.1. The van der Waals surface area contributed by atoms with Crippen molar-refractivity contribution in [3.63, 3.8) is 0 Å². The predicted octanol–water partition coefficient (Wildman–Crippen LogP) is 1.96. The Hall–Kier alpha value is -3.13. The van der Waals surface area contributed by atoms with Gasteiger partial charge in [-0.2, -0.15) is 0 Å². The van der Waals surface area contributed by atoms with Crippen LogP contribution in [0.25, 0.3) is 6.08 Å². The minimum absolute atomic E-state index is 0.0183. The van der Waals surface area contributed by atoms with Gasteiger partial charge in [-0.1, -0.05) is 24.3 Å². The van der Waals surface area contributed by atoms with E-state index in [1.165, 1.54) is 35.3 Å². The number of nitrogens with zero attached hydrogens (tertiary/aromatic N) is 2. The molecule has 24 heavy (non-hydrogen) atoms. The van der Waals surface area contributed by atoms with Crippen LogP contribution in [0.1, 0.15) is 5.56 Å². The van der Waals surface area contributed by atoms with E-state index >= 15 is 0 Å². The summed E-state index contributed by atoms with van der Waals surface area (Å²) in [5.74, 6) is -1.16. The van der Waals surface area contributed by atoms with Gasteiger partial charge in [0.1, 0.15) is 5.57 Å². The molecule has 8 heteroatoms. The number of nitro groups is 1. The van der Waals surface area contributed by atoms with Gasteiger partial charge in [0.05, 0.1) is 10.5 Å². The molecule has 1 aromatic carbocycles. The van der Waals surface area contributed by atoms with Gasteiger partial charge in [0.2, 0.25) is 0 Å². The fourth-order valence-corrected chi connectivity index (χ4v) is 2.30. The molecule has 1 heterocycles. The van der Waals surface area contributed by atoms with Crippen molar-refractivity contribution in [1.29, 1.82) is 0 Å². The molecule has 1 fully saturated rings. The number of allylic oxidation sites excluding steroid dienone is 2. The minimum Gasteiger partial charge on any atom is -0.298 e. The second-order valence-electron chi connectivity index (χ2n) is 4.72. The summed E-state index contributed by atoms with van der Waals surface area (Å²) in [5, 5.41) is 13.4. The predicted molar refractivity (Wildman–Crippen MR) is 92.9 cm³/mol. The lowest BCUT2D eigenvalue weighted by atomic mass is 10.1. The lowest BCUT2D eigenvalue weighted by Crippen LogP contribution is -2.53. The Bertz CT molecular complexity index is 798. The molecule has 1 aliphatic rings. The Morgan fingerprint density at radius 1 is 1.33 bits per heavy atom. The van der Waals surface area contributed by atoms with Crippen molar-refractivity contribution >= 4 is 40.9 Å². The highest BCUT2D eigenvalue weighted by molar-refractivity contribution is 7.80. The van der Waals surface area contributed by atoms with Crippen LogP contribution >= 0.6 is 12.2 Å². The molecular weight excluding hydrogens is 330 g/mol. The fourth-order valence-electron chi connectivity index (χ4n) is 2.05. The Labute approximate surface area is 143 Å². The second kappa shape index (κ2) is 7.42. The van der Waals surface area contributed by atoms with Crippen molar-refractivity contribution in [1.82, 2.24) is 10.2 Å². The normalized spacial score (nSPS) is 16.6. The maximum atomic E-state index is 12.3. The zero-order valence-electron chi connectivity index (χ0n) is 12.5. The first-order chi connectivity index (χ1) is 11.5. The van der Waals surface area contributed by atoms with E-state index in [1.807, 2.05) is 0 Å². The molecule has 0 unspecified atom stereocenters. The van der Waals surface area contributed by atoms with Crippen LogP contribution in [0, 0.1) is 10.1 Å². The van der Waals surface area contributed by atoms with Gasteiger partial charge in [-0.3, -0.25) is 29.9 Å². The number of carbonyl (C=O) groups excluding carboxylic acids is 2. The molecule has 0 atom stereocenters. The first-order valence-electron chi connectivity index (χ1n) is 6.85. The topological polar surface area (TPSA) is 92.6 Å². The van der Waals surface area contributed by atoms with E-state index in [0.717, 1.165) is 0 Å². The Morgan fingerprint density at radius 2 is 2.04 bits per heavy atom. The number of amides is 2. The van der Waals surface area contributed by atoms with Crippen molar-refractivity contribution in [2.75, 3.05) is 6.54 Å². The fraction of sp³-hybridized carbons (Fsp3) is 0.0625. The average molecular weight is 343 g/mol. The van der Waals surface area contributed by atoms with Crippen LogP contribution in [0.2, 0.25) is 0 Å². The highest BCUT2D eigenvalue weighted by Gasteiger charge is 2.32. The molecule has 0 aliphatic carbocycles. The van der Waals surface area contributed by atoms with Gasteiger partial charge >= 0.3 is 0 Å². The zero-order chi connectivity index (χ0) is 17.7. The number of para-hydroxylation sites is 1. The number of benzene rings is 1. The standard InChI is InChI=1S/C16H13N3O4S/c1-2-10-18-15(21)12(14(20)17-16(18)24)8-5-7-11-6-3-4-9-13(11)19(22)23/h2-9H,1,10H2,(H,17,20,24)/b7-5+,12-8-. The summed E-state index contributed by atoms with van der Waals surface area (Å²) in [4.78, 5) is 35.8. The summed E-state index contributed by atoms with van der Waals surface area (Å²) in [5.41, 5.74) is 0.183. The molecule has 1 aliphatic heterocycles. The summed E-state index contributed by atoms with van der Waals surface area (Å²) in [7, 11) is 0. The molecule has 0 spiro atoms. The lowest BCUT2D eigenvalue weighted by Gasteiger charge is -2.27. The summed E-state index contributed by atoms with van der Waals surface area (Å²) in [6, 6.07) is 6.15. The molecule has 1 aromatic rings. The van der Waals surface area contributed by atoms with Crippen LogP contribution in [-0.2, 0) is 9.59 Å². The second-order valence-corrected chi connectivity index (χ2v) is 5.11. The smallest absolute Gasteiger partial charge is 0.276 e. The molecule has 1 N–H and O–H groups in total. The molecule has 0 bridgehead atoms. The van der Waals surface area contributed by atoms with E-state index in [2.05, 4.69) is 11.9 Å². The molecule has 0 aromatic heterocycles. The third-order valence-electron chi connectivity index (χ3n) is 3.17. The number of hydrogen-bond acceptors (Lipinski definition) is 5. The number of hydrogen-bond donors (Lipinski definition) is 1. The van der Waals surface area contributed by atoms with E-state index in [9.17, 15) is 19.7 Å². The Balaban J connectivity index is 2.29. The molecule has 1 saturated heterocycles. The van der Waals surface area contributed by atoms with Crippen molar-refractivity contribution in [2.24, 2.45) is 0 Å². The summed E-state index contributed by atoms with van der Waals surface area (Å²) >= 11 is 4.94. The third kappa shape index (κ3) is 3.61. The number of nitro benzene ring substituents is 1. The summed E-state index contributed by atoms with van der Waals surface area (Å²) in [6.45, 7) is 3.70. The van der Waals surface area contributed by atoms with E-state index in [-0.39, 0.29) is 22.9 Å². The van der Waals surface area contributed by atoms with Crippen LogP contribution in [0.3, 0.4) is 0 Å². The van der Waals surface area contributed by atoms with Crippen LogP contribution in [0.5, 0.6) is 0 Å². The number of carbonyl (C=O) groups is 2. The van der Waals surface area contributed by atoms with Gasteiger partial charge in [0, 0.05) is 12.6 Å². The van der Waals surface area contributed by atoms with Gasteiger partial charge in [0.25, 0.3) is 17.5 Å². The largest absolute Gasteiger partial charge is 0.298 e. The quantitative estimate of drug-likeness (QED) is 0.220. The van der Waals surface area contributed by atoms with Gasteiger partial charge in [-0.25, -0.2) is 0 Å². The van der Waals surface area contributed by atoms with Crippen LogP contribution in [0.15, 0.2) is 54.6 Å². The summed E-state index contributed by atoms with van der Waals surface area (Å²) < 4.78 is 0. The highest BCUT2D eigenvalue weighted by Crippen LogP contribution is 2.19. The van der Waals surface area contributed by atoms with Crippen molar-refractivity contribution in [3.8, 4) is 0 Å². The molecule has 2 rings (SSSR count). The molecule has 2 amide bonds.